The van der Waals surface area contributed by atoms with Gasteiger partial charge in [0.1, 0.15) is 0 Å². The standard InChI is InChI=1S/C18H27N3/c1-3-15(12-14(2)19)18(21-10-5-4-6-11-21)16-8-7-9-17(20)13-16/h3,7-9,12-13,18H,4-6,10-11,19-20H2,1-2H3/b14-12+,15-3+. The Labute approximate surface area is 128 Å². The average molecular weight is 285 g/mol. The summed E-state index contributed by atoms with van der Waals surface area (Å²) in [5, 5.41) is 0. The molecule has 0 amide bonds. The van der Waals surface area contributed by atoms with Gasteiger partial charge in [0.25, 0.3) is 0 Å². The molecule has 0 aromatic heterocycles. The van der Waals surface area contributed by atoms with Gasteiger partial charge in [-0.05, 0) is 69.1 Å². The minimum absolute atomic E-state index is 0.247. The van der Waals surface area contributed by atoms with Crippen molar-refractivity contribution in [1.29, 1.82) is 0 Å². The van der Waals surface area contributed by atoms with E-state index in [1.807, 2.05) is 19.1 Å². The lowest BCUT2D eigenvalue weighted by Crippen LogP contribution is -2.34. The van der Waals surface area contributed by atoms with Gasteiger partial charge in [0.15, 0.2) is 0 Å². The Morgan fingerprint density at radius 3 is 2.52 bits per heavy atom. The Hall–Kier alpha value is -1.74. The molecule has 0 aliphatic carbocycles. The van der Waals surface area contributed by atoms with Crippen LogP contribution in [-0.2, 0) is 0 Å². The first-order valence-electron chi connectivity index (χ1n) is 7.81. The topological polar surface area (TPSA) is 55.3 Å². The van der Waals surface area contributed by atoms with E-state index < -0.39 is 0 Å². The summed E-state index contributed by atoms with van der Waals surface area (Å²) < 4.78 is 0. The van der Waals surface area contributed by atoms with Crippen LogP contribution in [-0.4, -0.2) is 18.0 Å². The van der Waals surface area contributed by atoms with Crippen LogP contribution in [0.2, 0.25) is 0 Å². The molecule has 3 heteroatoms. The van der Waals surface area contributed by atoms with Gasteiger partial charge in [0.05, 0.1) is 6.04 Å². The first-order chi connectivity index (χ1) is 10.1. The molecule has 1 aromatic rings. The molecule has 2 rings (SSSR count). The van der Waals surface area contributed by atoms with Crippen LogP contribution in [0.1, 0.15) is 44.7 Å². The second kappa shape index (κ2) is 7.32. The molecule has 21 heavy (non-hydrogen) atoms. The fourth-order valence-electron chi connectivity index (χ4n) is 3.10. The van der Waals surface area contributed by atoms with Gasteiger partial charge in [0, 0.05) is 11.4 Å². The molecule has 1 heterocycles. The Bertz CT molecular complexity index is 521. The first-order valence-corrected chi connectivity index (χ1v) is 7.81. The number of piperidine rings is 1. The first kappa shape index (κ1) is 15.6. The number of nitrogen functional groups attached to an aromatic ring is 1. The van der Waals surface area contributed by atoms with Crippen LogP contribution in [0.15, 0.2) is 47.7 Å². The number of hydrogen-bond acceptors (Lipinski definition) is 3. The highest BCUT2D eigenvalue weighted by Gasteiger charge is 2.24. The lowest BCUT2D eigenvalue weighted by molar-refractivity contribution is 0.187. The van der Waals surface area contributed by atoms with Crippen molar-refractivity contribution in [2.24, 2.45) is 5.73 Å². The van der Waals surface area contributed by atoms with Crippen molar-refractivity contribution >= 4 is 5.69 Å². The monoisotopic (exact) mass is 285 g/mol. The van der Waals surface area contributed by atoms with E-state index in [-0.39, 0.29) is 6.04 Å². The lowest BCUT2D eigenvalue weighted by Gasteiger charge is -2.36. The van der Waals surface area contributed by atoms with Gasteiger partial charge in [-0.2, -0.15) is 0 Å². The lowest BCUT2D eigenvalue weighted by atomic mass is 9.93. The number of hydrogen-bond donors (Lipinski definition) is 2. The SMILES string of the molecule is C/C=C(\C=C(/C)N)C(c1cccc(N)c1)N1CCCCC1. The zero-order chi connectivity index (χ0) is 15.2. The van der Waals surface area contributed by atoms with Gasteiger partial charge in [-0.25, -0.2) is 0 Å². The van der Waals surface area contributed by atoms with E-state index in [9.17, 15) is 0 Å². The van der Waals surface area contributed by atoms with Crippen molar-refractivity contribution in [1.82, 2.24) is 4.90 Å². The smallest absolute Gasteiger partial charge is 0.0599 e. The van der Waals surface area contributed by atoms with Crippen molar-refractivity contribution in [2.75, 3.05) is 18.8 Å². The molecule has 3 nitrogen and oxygen atoms in total. The summed E-state index contributed by atoms with van der Waals surface area (Å²) in [6.45, 7) is 6.29. The van der Waals surface area contributed by atoms with Crippen LogP contribution in [0.5, 0.6) is 0 Å². The molecule has 1 fully saturated rings. The van der Waals surface area contributed by atoms with Crippen molar-refractivity contribution in [3.8, 4) is 0 Å². The molecule has 1 unspecified atom stereocenters. The van der Waals surface area contributed by atoms with Gasteiger partial charge in [-0.15, -0.1) is 0 Å². The summed E-state index contributed by atoms with van der Waals surface area (Å²) in [6.07, 6.45) is 8.11. The molecule has 1 aliphatic rings. The summed E-state index contributed by atoms with van der Waals surface area (Å²) in [5.74, 6) is 0. The van der Waals surface area contributed by atoms with Gasteiger partial charge in [-0.3, -0.25) is 4.90 Å². The van der Waals surface area contributed by atoms with E-state index in [1.165, 1.54) is 30.4 Å². The summed E-state index contributed by atoms with van der Waals surface area (Å²) in [6, 6.07) is 8.47. The summed E-state index contributed by atoms with van der Waals surface area (Å²) in [5.41, 5.74) is 16.1. The maximum atomic E-state index is 5.99. The molecule has 114 valence electrons. The number of nitrogens with two attached hydrogens (primary N) is 2. The van der Waals surface area contributed by atoms with Crippen molar-refractivity contribution in [3.05, 3.63) is 53.3 Å². The quantitative estimate of drug-likeness (QED) is 0.656. The predicted octanol–water partition coefficient (Wildman–Crippen LogP) is 3.60. The van der Waals surface area contributed by atoms with Gasteiger partial charge in [0.2, 0.25) is 0 Å². The maximum absolute atomic E-state index is 5.99. The molecule has 0 bridgehead atoms. The van der Waals surface area contributed by atoms with Crippen molar-refractivity contribution < 1.29 is 0 Å². The molecule has 0 spiro atoms. The minimum atomic E-state index is 0.247. The number of likely N-dealkylation sites (tertiary alicyclic amines) is 1. The van der Waals surface area contributed by atoms with E-state index in [4.69, 9.17) is 11.5 Å². The molecular formula is C18H27N3. The zero-order valence-electron chi connectivity index (χ0n) is 13.2. The average Bonchev–Trinajstić information content (AvgIpc) is 2.47. The highest BCUT2D eigenvalue weighted by atomic mass is 15.2. The molecule has 0 radical (unpaired) electrons. The maximum Gasteiger partial charge on any atom is 0.0599 e. The largest absolute Gasteiger partial charge is 0.402 e. The number of nitrogens with zero attached hydrogens (tertiary/aromatic N) is 1. The zero-order valence-corrected chi connectivity index (χ0v) is 13.2. The number of anilines is 1. The molecule has 0 saturated carbocycles. The number of allylic oxidation sites excluding steroid dienone is 2. The van der Waals surface area contributed by atoms with Crippen molar-refractivity contribution in [3.63, 3.8) is 0 Å². The van der Waals surface area contributed by atoms with E-state index in [0.29, 0.717) is 0 Å². The molecule has 1 aromatic carbocycles. The second-order valence-corrected chi connectivity index (χ2v) is 5.85. The summed E-state index contributed by atoms with van der Waals surface area (Å²) in [7, 11) is 0. The van der Waals surface area contributed by atoms with Gasteiger partial charge < -0.3 is 11.5 Å². The highest BCUT2D eigenvalue weighted by molar-refractivity contribution is 5.45. The summed E-state index contributed by atoms with van der Waals surface area (Å²) >= 11 is 0. The Morgan fingerprint density at radius 2 is 1.95 bits per heavy atom. The second-order valence-electron chi connectivity index (χ2n) is 5.85. The van der Waals surface area contributed by atoms with E-state index >= 15 is 0 Å². The van der Waals surface area contributed by atoms with Crippen LogP contribution < -0.4 is 11.5 Å². The van der Waals surface area contributed by atoms with Crippen LogP contribution in [0.4, 0.5) is 5.69 Å². The van der Waals surface area contributed by atoms with Crippen molar-refractivity contribution in [2.45, 2.75) is 39.2 Å². The molecular weight excluding hydrogens is 258 g/mol. The molecule has 1 aliphatic heterocycles. The van der Waals surface area contributed by atoms with Crippen LogP contribution in [0.3, 0.4) is 0 Å². The van der Waals surface area contributed by atoms with E-state index in [0.717, 1.165) is 24.5 Å². The Balaban J connectivity index is 2.40. The Kier molecular flexibility index (Phi) is 5.45. The third kappa shape index (κ3) is 4.11. The number of rotatable bonds is 4. The van der Waals surface area contributed by atoms with Gasteiger partial charge >= 0.3 is 0 Å². The van der Waals surface area contributed by atoms with Crippen LogP contribution in [0, 0.1) is 0 Å². The van der Waals surface area contributed by atoms with E-state index in [1.54, 1.807) is 0 Å². The molecule has 4 N–H and O–H groups in total. The molecule has 1 atom stereocenters. The number of benzene rings is 1. The fourth-order valence-corrected chi connectivity index (χ4v) is 3.10. The third-order valence-electron chi connectivity index (χ3n) is 4.03. The Morgan fingerprint density at radius 1 is 1.24 bits per heavy atom. The third-order valence-corrected chi connectivity index (χ3v) is 4.03. The predicted molar refractivity (Wildman–Crippen MR) is 90.7 cm³/mol. The van der Waals surface area contributed by atoms with Crippen LogP contribution in [0.25, 0.3) is 0 Å². The van der Waals surface area contributed by atoms with Gasteiger partial charge in [-0.1, -0.05) is 24.6 Å². The normalized spacial score (nSPS) is 19.5. The van der Waals surface area contributed by atoms with Crippen LogP contribution >= 0.6 is 0 Å². The molecule has 1 saturated heterocycles. The fraction of sp³-hybridized carbons (Fsp3) is 0.444. The highest BCUT2D eigenvalue weighted by Crippen LogP contribution is 2.32. The summed E-state index contributed by atoms with van der Waals surface area (Å²) in [4.78, 5) is 2.55. The van der Waals surface area contributed by atoms with E-state index in [2.05, 4.69) is 36.1 Å². The minimum Gasteiger partial charge on any atom is -0.402 e.